The molecule has 0 atom stereocenters. The number of benzene rings is 2. The fourth-order valence-corrected chi connectivity index (χ4v) is 3.04. The van der Waals surface area contributed by atoms with Crippen molar-refractivity contribution in [3.63, 3.8) is 0 Å². The number of pyridine rings is 1. The third-order valence-corrected chi connectivity index (χ3v) is 4.43. The first-order valence-corrected chi connectivity index (χ1v) is 8.65. The van der Waals surface area contributed by atoms with Crippen LogP contribution in [-0.4, -0.2) is 4.98 Å². The van der Waals surface area contributed by atoms with Gasteiger partial charge in [0, 0.05) is 14.7 Å². The Balaban J connectivity index is 1.97. The zero-order chi connectivity index (χ0) is 19.8. The van der Waals surface area contributed by atoms with Crippen LogP contribution in [0.25, 0.3) is 22.5 Å². The minimum atomic E-state index is -4.43. The second-order valence-electron chi connectivity index (χ2n) is 5.71. The monoisotopic (exact) mass is 493 g/mol. The van der Waals surface area contributed by atoms with Gasteiger partial charge in [-0.2, -0.15) is 26.3 Å². The summed E-state index contributed by atoms with van der Waals surface area (Å²) in [4.78, 5) is 4.39. The molecule has 0 radical (unpaired) electrons. The van der Waals surface area contributed by atoms with Crippen LogP contribution >= 0.6 is 22.6 Å². The highest BCUT2D eigenvalue weighted by atomic mass is 127. The van der Waals surface area contributed by atoms with E-state index in [2.05, 4.69) is 4.98 Å². The Morgan fingerprint density at radius 1 is 0.593 bits per heavy atom. The quantitative estimate of drug-likeness (QED) is 0.275. The Morgan fingerprint density at radius 2 is 0.926 bits per heavy atom. The summed E-state index contributed by atoms with van der Waals surface area (Å²) in [5.41, 5.74) is 0.306. The Labute approximate surface area is 164 Å². The van der Waals surface area contributed by atoms with Crippen LogP contribution in [0.5, 0.6) is 0 Å². The van der Waals surface area contributed by atoms with Crippen LogP contribution in [0, 0.1) is 3.57 Å². The summed E-state index contributed by atoms with van der Waals surface area (Å²) in [5.74, 6) is 0. The maximum absolute atomic E-state index is 12.7. The summed E-state index contributed by atoms with van der Waals surface area (Å²) in [6.45, 7) is 0. The van der Waals surface area contributed by atoms with Crippen LogP contribution in [0.3, 0.4) is 0 Å². The highest BCUT2D eigenvalue weighted by Gasteiger charge is 2.30. The molecular weight excluding hydrogens is 483 g/mol. The fraction of sp³-hybridized carbons (Fsp3) is 0.105. The van der Waals surface area contributed by atoms with Gasteiger partial charge in [-0.1, -0.05) is 24.3 Å². The third kappa shape index (κ3) is 4.60. The van der Waals surface area contributed by atoms with E-state index in [0.717, 1.165) is 27.8 Å². The smallest absolute Gasteiger partial charge is 0.248 e. The molecule has 1 aromatic heterocycles. The van der Waals surface area contributed by atoms with Crippen molar-refractivity contribution in [2.45, 2.75) is 12.4 Å². The van der Waals surface area contributed by atoms with E-state index in [4.69, 9.17) is 0 Å². The standard InChI is InChI=1S/C19H10F6IN/c20-18(21,22)13-5-1-11(2-6-13)16-9-15(26)10-17(27-16)12-3-7-14(8-4-12)19(23,24)25/h1-10H. The third-order valence-electron chi connectivity index (χ3n) is 3.81. The summed E-state index contributed by atoms with van der Waals surface area (Å²) < 4.78 is 76.9. The lowest BCUT2D eigenvalue weighted by atomic mass is 10.1. The molecular formula is C19H10F6IN. The normalized spacial score (nSPS) is 12.3. The van der Waals surface area contributed by atoms with Gasteiger partial charge in [0.2, 0.25) is 0 Å². The fourth-order valence-electron chi connectivity index (χ4n) is 2.45. The van der Waals surface area contributed by atoms with Gasteiger partial charge in [-0.05, 0) is 59.0 Å². The first kappa shape index (κ1) is 19.7. The second kappa shape index (κ2) is 7.14. The molecule has 27 heavy (non-hydrogen) atoms. The minimum Gasteiger partial charge on any atom is -0.248 e. The topological polar surface area (TPSA) is 12.9 Å². The highest BCUT2D eigenvalue weighted by molar-refractivity contribution is 14.1. The second-order valence-corrected chi connectivity index (χ2v) is 6.95. The van der Waals surface area contributed by atoms with Gasteiger partial charge < -0.3 is 0 Å². The van der Waals surface area contributed by atoms with Gasteiger partial charge in [0.1, 0.15) is 0 Å². The molecule has 0 unspecified atom stereocenters. The van der Waals surface area contributed by atoms with Gasteiger partial charge in [0.15, 0.2) is 0 Å². The Kier molecular flexibility index (Phi) is 5.20. The van der Waals surface area contributed by atoms with Gasteiger partial charge >= 0.3 is 12.4 Å². The van der Waals surface area contributed by atoms with Crippen molar-refractivity contribution in [3.05, 3.63) is 75.4 Å². The van der Waals surface area contributed by atoms with Crippen molar-refractivity contribution in [2.75, 3.05) is 0 Å². The average Bonchev–Trinajstić information content (AvgIpc) is 2.60. The molecule has 0 spiro atoms. The molecule has 8 heteroatoms. The predicted molar refractivity (Wildman–Crippen MR) is 97.8 cm³/mol. The van der Waals surface area contributed by atoms with E-state index in [9.17, 15) is 26.3 Å². The lowest BCUT2D eigenvalue weighted by Gasteiger charge is -2.10. The van der Waals surface area contributed by atoms with E-state index < -0.39 is 23.5 Å². The highest BCUT2D eigenvalue weighted by Crippen LogP contribution is 2.33. The molecule has 0 saturated carbocycles. The predicted octanol–water partition coefficient (Wildman–Crippen LogP) is 7.06. The van der Waals surface area contributed by atoms with Crippen molar-refractivity contribution in [1.82, 2.24) is 4.98 Å². The van der Waals surface area contributed by atoms with Crippen molar-refractivity contribution in [3.8, 4) is 22.5 Å². The maximum atomic E-state index is 12.7. The van der Waals surface area contributed by atoms with E-state index in [1.54, 1.807) is 12.1 Å². The van der Waals surface area contributed by atoms with E-state index in [1.807, 2.05) is 22.6 Å². The maximum Gasteiger partial charge on any atom is 0.416 e. The molecule has 0 amide bonds. The largest absolute Gasteiger partial charge is 0.416 e. The minimum absolute atomic E-state index is 0.436. The lowest BCUT2D eigenvalue weighted by molar-refractivity contribution is -0.138. The van der Waals surface area contributed by atoms with E-state index in [0.29, 0.717) is 22.5 Å². The number of hydrogen-bond acceptors (Lipinski definition) is 1. The number of nitrogens with zero attached hydrogens (tertiary/aromatic N) is 1. The molecule has 0 saturated heterocycles. The van der Waals surface area contributed by atoms with Crippen LogP contribution in [-0.2, 0) is 12.4 Å². The van der Waals surface area contributed by atoms with E-state index in [-0.39, 0.29) is 0 Å². The van der Waals surface area contributed by atoms with Crippen LogP contribution < -0.4 is 0 Å². The van der Waals surface area contributed by atoms with Crippen molar-refractivity contribution < 1.29 is 26.3 Å². The van der Waals surface area contributed by atoms with Crippen LogP contribution in [0.15, 0.2) is 60.7 Å². The Morgan fingerprint density at radius 3 is 1.22 bits per heavy atom. The number of halogens is 7. The number of rotatable bonds is 2. The lowest BCUT2D eigenvalue weighted by Crippen LogP contribution is -2.04. The van der Waals surface area contributed by atoms with Crippen LogP contribution in [0.2, 0.25) is 0 Å². The molecule has 1 nitrogen and oxygen atoms in total. The molecule has 2 aromatic carbocycles. The summed E-state index contributed by atoms with van der Waals surface area (Å²) in [5, 5.41) is 0. The molecule has 0 aliphatic heterocycles. The molecule has 140 valence electrons. The van der Waals surface area contributed by atoms with Crippen LogP contribution in [0.4, 0.5) is 26.3 Å². The van der Waals surface area contributed by atoms with Crippen LogP contribution in [0.1, 0.15) is 11.1 Å². The Bertz CT molecular complexity index is 868. The Hall–Kier alpha value is -2.10. The zero-order valence-corrected chi connectivity index (χ0v) is 15.5. The molecule has 0 aliphatic rings. The summed E-state index contributed by atoms with van der Waals surface area (Å²) >= 11 is 2.02. The van der Waals surface area contributed by atoms with Crippen molar-refractivity contribution in [2.24, 2.45) is 0 Å². The molecule has 0 bridgehead atoms. The summed E-state index contributed by atoms with van der Waals surface area (Å²) in [6.07, 6.45) is -8.86. The van der Waals surface area contributed by atoms with Gasteiger partial charge in [0.05, 0.1) is 22.5 Å². The van der Waals surface area contributed by atoms with Crippen molar-refractivity contribution in [1.29, 1.82) is 0 Å². The molecule has 0 fully saturated rings. The van der Waals surface area contributed by atoms with E-state index >= 15 is 0 Å². The molecule has 0 aliphatic carbocycles. The van der Waals surface area contributed by atoms with Crippen molar-refractivity contribution >= 4 is 22.6 Å². The van der Waals surface area contributed by atoms with Gasteiger partial charge in [-0.3, -0.25) is 0 Å². The first-order valence-electron chi connectivity index (χ1n) is 7.57. The number of aromatic nitrogens is 1. The van der Waals surface area contributed by atoms with E-state index in [1.165, 1.54) is 24.3 Å². The summed E-state index contributed by atoms with van der Waals surface area (Å²) in [6, 6.07) is 12.5. The molecule has 1 heterocycles. The van der Waals surface area contributed by atoms with Gasteiger partial charge in [-0.15, -0.1) is 0 Å². The molecule has 0 N–H and O–H groups in total. The SMILES string of the molecule is FC(F)(F)c1ccc(-c2cc(I)cc(-c3ccc(C(F)(F)F)cc3)n2)cc1. The van der Waals surface area contributed by atoms with Gasteiger partial charge in [-0.25, -0.2) is 4.98 Å². The molecule has 3 rings (SSSR count). The molecule has 3 aromatic rings. The zero-order valence-electron chi connectivity index (χ0n) is 13.4. The number of alkyl halides is 6. The summed E-state index contributed by atoms with van der Waals surface area (Å²) in [7, 11) is 0. The average molecular weight is 493 g/mol. The van der Waals surface area contributed by atoms with Gasteiger partial charge in [0.25, 0.3) is 0 Å². The first-order chi connectivity index (χ1) is 12.5. The number of hydrogen-bond donors (Lipinski definition) is 0.